The summed E-state index contributed by atoms with van der Waals surface area (Å²) in [4.78, 5) is 13.0. The minimum atomic E-state index is -3.70. The second-order valence-corrected chi connectivity index (χ2v) is 9.81. The number of benzene rings is 2. The monoisotopic (exact) mass is 450 g/mol. The normalized spacial score (nSPS) is 15.1. The van der Waals surface area contributed by atoms with Gasteiger partial charge in [0.15, 0.2) is 0 Å². The number of halogens is 1. The van der Waals surface area contributed by atoms with E-state index in [1.807, 2.05) is 6.92 Å². The lowest BCUT2D eigenvalue weighted by Gasteiger charge is -2.22. The second-order valence-electron chi connectivity index (χ2n) is 7.69. The average Bonchev–Trinajstić information content (AvgIpc) is 2.71. The van der Waals surface area contributed by atoms with Crippen LogP contribution in [0.3, 0.4) is 0 Å². The van der Waals surface area contributed by atoms with Crippen LogP contribution >= 0.6 is 11.6 Å². The lowest BCUT2D eigenvalue weighted by molar-refractivity contribution is 0.102. The largest absolute Gasteiger partial charge is 0.495 e. The summed E-state index contributed by atoms with van der Waals surface area (Å²) >= 11 is 6.13. The first-order valence-electron chi connectivity index (χ1n) is 9.99. The van der Waals surface area contributed by atoms with Gasteiger partial charge in [-0.15, -0.1) is 0 Å². The van der Waals surface area contributed by atoms with E-state index in [1.54, 1.807) is 25.1 Å². The van der Waals surface area contributed by atoms with Gasteiger partial charge in [-0.25, -0.2) is 13.1 Å². The standard InChI is InChI=1S/C22H27ClN2O4S/c1-14-9-10-17(30(27,28)25-16-7-5-4-6-8-16)12-18(14)22(26)24-20-11-15(2)19(23)13-21(20)29-3/h9-13,16,25H,4-8H2,1-3H3,(H,24,26). The van der Waals surface area contributed by atoms with Crippen molar-refractivity contribution in [3.63, 3.8) is 0 Å². The Labute approximate surface area is 183 Å². The first-order chi connectivity index (χ1) is 14.2. The first kappa shape index (κ1) is 22.6. The minimum absolute atomic E-state index is 0.0522. The Morgan fingerprint density at radius 3 is 2.43 bits per heavy atom. The molecule has 0 bridgehead atoms. The van der Waals surface area contributed by atoms with Gasteiger partial charge >= 0.3 is 0 Å². The molecular weight excluding hydrogens is 424 g/mol. The van der Waals surface area contributed by atoms with E-state index in [9.17, 15) is 13.2 Å². The lowest BCUT2D eigenvalue weighted by Crippen LogP contribution is -2.36. The van der Waals surface area contributed by atoms with Crippen LogP contribution in [0.25, 0.3) is 0 Å². The quantitative estimate of drug-likeness (QED) is 0.660. The van der Waals surface area contributed by atoms with Crippen molar-refractivity contribution in [1.82, 2.24) is 4.72 Å². The Bertz CT molecular complexity index is 1050. The van der Waals surface area contributed by atoms with Crippen molar-refractivity contribution in [2.45, 2.75) is 56.9 Å². The van der Waals surface area contributed by atoms with Crippen molar-refractivity contribution in [3.8, 4) is 5.75 Å². The molecule has 162 valence electrons. The number of sulfonamides is 1. The van der Waals surface area contributed by atoms with Crippen molar-refractivity contribution in [1.29, 1.82) is 0 Å². The summed E-state index contributed by atoms with van der Waals surface area (Å²) in [5.41, 5.74) is 2.22. The van der Waals surface area contributed by atoms with E-state index in [1.165, 1.54) is 19.2 Å². The molecule has 2 N–H and O–H groups in total. The number of hydrogen-bond acceptors (Lipinski definition) is 4. The summed E-state index contributed by atoms with van der Waals surface area (Å²) in [6, 6.07) is 7.90. The summed E-state index contributed by atoms with van der Waals surface area (Å²) in [6.45, 7) is 3.59. The number of amides is 1. The van der Waals surface area contributed by atoms with Gasteiger partial charge in [0.2, 0.25) is 10.0 Å². The van der Waals surface area contributed by atoms with Crippen molar-refractivity contribution >= 4 is 33.2 Å². The fraction of sp³-hybridized carbons (Fsp3) is 0.409. The van der Waals surface area contributed by atoms with Crippen molar-refractivity contribution in [2.24, 2.45) is 0 Å². The second kappa shape index (κ2) is 9.37. The average molecular weight is 451 g/mol. The third-order valence-electron chi connectivity index (χ3n) is 5.42. The molecule has 1 amide bonds. The van der Waals surface area contributed by atoms with E-state index in [4.69, 9.17) is 16.3 Å². The predicted octanol–water partition coefficient (Wildman–Crippen LogP) is 4.83. The van der Waals surface area contributed by atoms with Gasteiger partial charge in [-0.3, -0.25) is 4.79 Å². The highest BCUT2D eigenvalue weighted by Gasteiger charge is 2.23. The van der Waals surface area contributed by atoms with Crippen LogP contribution in [0.4, 0.5) is 5.69 Å². The molecule has 0 aromatic heterocycles. The van der Waals surface area contributed by atoms with E-state index in [0.29, 0.717) is 22.0 Å². The number of hydrogen-bond donors (Lipinski definition) is 2. The molecule has 0 unspecified atom stereocenters. The molecule has 0 atom stereocenters. The lowest BCUT2D eigenvalue weighted by atomic mass is 9.96. The fourth-order valence-electron chi connectivity index (χ4n) is 3.64. The molecule has 1 saturated carbocycles. The number of anilines is 1. The summed E-state index contributed by atoms with van der Waals surface area (Å²) in [6.07, 6.45) is 4.87. The SMILES string of the molecule is COc1cc(Cl)c(C)cc1NC(=O)c1cc(S(=O)(=O)NC2CCCCC2)ccc1C. The van der Waals surface area contributed by atoms with Crippen molar-refractivity contribution < 1.29 is 17.9 Å². The van der Waals surface area contributed by atoms with Gasteiger partial charge in [0.1, 0.15) is 5.75 Å². The van der Waals surface area contributed by atoms with Crippen molar-refractivity contribution in [2.75, 3.05) is 12.4 Å². The molecule has 0 aliphatic heterocycles. The molecule has 0 spiro atoms. The smallest absolute Gasteiger partial charge is 0.256 e. The number of ether oxygens (including phenoxy) is 1. The van der Waals surface area contributed by atoms with Crippen LogP contribution in [0.5, 0.6) is 5.75 Å². The molecule has 30 heavy (non-hydrogen) atoms. The zero-order chi connectivity index (χ0) is 21.9. The van der Waals surface area contributed by atoms with Crippen LogP contribution in [-0.4, -0.2) is 27.5 Å². The molecule has 8 heteroatoms. The van der Waals surface area contributed by atoms with Crippen LogP contribution < -0.4 is 14.8 Å². The summed E-state index contributed by atoms with van der Waals surface area (Å²) in [5, 5.41) is 3.34. The molecule has 6 nitrogen and oxygen atoms in total. The molecule has 1 aliphatic rings. The van der Waals surface area contributed by atoms with E-state index >= 15 is 0 Å². The molecule has 3 rings (SSSR count). The molecule has 2 aromatic rings. The number of rotatable bonds is 6. The molecule has 0 saturated heterocycles. The summed E-state index contributed by atoms with van der Waals surface area (Å²) < 4.78 is 33.8. The van der Waals surface area contributed by atoms with Crippen LogP contribution in [0.2, 0.25) is 5.02 Å². The highest BCUT2D eigenvalue weighted by atomic mass is 35.5. The molecule has 2 aromatic carbocycles. The maximum absolute atomic E-state index is 13.0. The van der Waals surface area contributed by atoms with Gasteiger partial charge in [0.25, 0.3) is 5.91 Å². The number of carbonyl (C=O) groups is 1. The molecule has 1 aliphatic carbocycles. The summed E-state index contributed by atoms with van der Waals surface area (Å²) in [7, 11) is -2.21. The maximum Gasteiger partial charge on any atom is 0.256 e. The van der Waals surface area contributed by atoms with Crippen LogP contribution in [-0.2, 0) is 10.0 Å². The van der Waals surface area contributed by atoms with E-state index in [2.05, 4.69) is 10.0 Å². The topological polar surface area (TPSA) is 84.5 Å². The Kier molecular flexibility index (Phi) is 7.06. The zero-order valence-corrected chi connectivity index (χ0v) is 19.0. The van der Waals surface area contributed by atoms with Gasteiger partial charge in [-0.05, 0) is 56.0 Å². The van der Waals surface area contributed by atoms with Crippen LogP contribution in [0.15, 0.2) is 35.2 Å². The Hall–Kier alpha value is -2.09. The van der Waals surface area contributed by atoms with Crippen LogP contribution in [0.1, 0.15) is 53.6 Å². The van der Waals surface area contributed by atoms with Gasteiger partial charge in [0, 0.05) is 22.7 Å². The predicted molar refractivity (Wildman–Crippen MR) is 119 cm³/mol. The van der Waals surface area contributed by atoms with Gasteiger partial charge < -0.3 is 10.1 Å². The van der Waals surface area contributed by atoms with E-state index < -0.39 is 15.9 Å². The Balaban J connectivity index is 1.86. The van der Waals surface area contributed by atoms with E-state index in [0.717, 1.165) is 37.7 Å². The number of aryl methyl sites for hydroxylation is 2. The van der Waals surface area contributed by atoms with Gasteiger partial charge in [0.05, 0.1) is 17.7 Å². The third kappa shape index (κ3) is 5.14. The van der Waals surface area contributed by atoms with E-state index in [-0.39, 0.29) is 16.5 Å². The highest BCUT2D eigenvalue weighted by Crippen LogP contribution is 2.31. The Morgan fingerprint density at radius 2 is 1.77 bits per heavy atom. The zero-order valence-electron chi connectivity index (χ0n) is 17.4. The maximum atomic E-state index is 13.0. The van der Waals surface area contributed by atoms with Crippen molar-refractivity contribution in [3.05, 3.63) is 52.0 Å². The number of nitrogens with one attached hydrogen (secondary N) is 2. The molecule has 1 fully saturated rings. The van der Waals surface area contributed by atoms with Gasteiger partial charge in [-0.1, -0.05) is 36.9 Å². The molecule has 0 heterocycles. The van der Waals surface area contributed by atoms with Gasteiger partial charge in [-0.2, -0.15) is 0 Å². The van der Waals surface area contributed by atoms with Crippen LogP contribution in [0, 0.1) is 13.8 Å². The number of methoxy groups -OCH3 is 1. The molecule has 0 radical (unpaired) electrons. The number of carbonyl (C=O) groups excluding carboxylic acids is 1. The highest BCUT2D eigenvalue weighted by molar-refractivity contribution is 7.89. The molecular formula is C22H27ClN2O4S. The third-order valence-corrected chi connectivity index (χ3v) is 7.35. The minimum Gasteiger partial charge on any atom is -0.495 e. The first-order valence-corrected chi connectivity index (χ1v) is 11.9. The Morgan fingerprint density at radius 1 is 1.07 bits per heavy atom. The summed E-state index contributed by atoms with van der Waals surface area (Å²) in [5.74, 6) is 0.0154. The fourth-order valence-corrected chi connectivity index (χ4v) is 5.12.